The number of fused-ring (bicyclic) bond motifs is 1. The van der Waals surface area contributed by atoms with Crippen LogP contribution in [0.15, 0.2) is 0 Å². The molecule has 2 unspecified atom stereocenters. The van der Waals surface area contributed by atoms with Gasteiger partial charge in [0.1, 0.15) is 6.23 Å². The first-order valence-electron chi connectivity index (χ1n) is 19.1. The quantitative estimate of drug-likeness (QED) is 0.158. The summed E-state index contributed by atoms with van der Waals surface area (Å²) < 4.78 is 28.0. The third-order valence-corrected chi connectivity index (χ3v) is 14.9. The number of nitrogens with zero attached hydrogens (tertiary/aromatic N) is 3. The van der Waals surface area contributed by atoms with Crippen LogP contribution in [0.1, 0.15) is 114 Å². The summed E-state index contributed by atoms with van der Waals surface area (Å²) in [4.78, 5) is 55.9. The van der Waals surface area contributed by atoms with Gasteiger partial charge >= 0.3 is 6.03 Å². The van der Waals surface area contributed by atoms with Crippen LogP contribution in [0.4, 0.5) is 4.79 Å². The smallest absolute Gasteiger partial charge is 0.315 e. The zero-order valence-electron chi connectivity index (χ0n) is 33.7. The van der Waals surface area contributed by atoms with Crippen LogP contribution in [0.2, 0.25) is 0 Å². The molecule has 0 bridgehead atoms. The second-order valence-corrected chi connectivity index (χ2v) is 21.1. The number of carbonyl (C=O) groups excluding carboxylic acids is 4. The number of hydrogen-bond acceptors (Lipinski definition) is 8. The number of urea groups is 1. The highest BCUT2D eigenvalue weighted by Crippen LogP contribution is 2.88. The van der Waals surface area contributed by atoms with Crippen molar-refractivity contribution in [3.05, 3.63) is 0 Å². The largest absolute Gasteiger partial charge is 0.376 e. The highest BCUT2D eigenvalue weighted by molar-refractivity contribution is 7.86. The molecule has 4 fully saturated rings. The third-order valence-electron chi connectivity index (χ3n) is 13.0. The maximum atomic E-state index is 14.3. The van der Waals surface area contributed by atoms with E-state index < -0.39 is 75.1 Å². The van der Waals surface area contributed by atoms with Gasteiger partial charge < -0.3 is 26.4 Å². The van der Waals surface area contributed by atoms with Crippen LogP contribution in [-0.2, 0) is 24.6 Å². The number of Topliss-reactive ketones (excluding diaryl/α,β-unsaturated/α-hetero) is 1. The molecule has 4 rings (SSSR count). The van der Waals surface area contributed by atoms with Crippen molar-refractivity contribution in [2.24, 2.45) is 27.1 Å². The van der Waals surface area contributed by atoms with Crippen LogP contribution < -0.4 is 21.3 Å². The van der Waals surface area contributed by atoms with E-state index in [1.165, 1.54) is 25.4 Å². The van der Waals surface area contributed by atoms with E-state index >= 15 is 0 Å². The number of aliphatic hydroxyl groups excluding tert-OH is 1. The van der Waals surface area contributed by atoms with Crippen LogP contribution in [0, 0.1) is 27.1 Å². The minimum Gasteiger partial charge on any atom is -0.376 e. The molecule has 1 saturated heterocycles. The molecule has 14 nitrogen and oxygen atoms in total. The molecular weight excluding hydrogens is 687 g/mol. The molecule has 0 aromatic heterocycles. The summed E-state index contributed by atoms with van der Waals surface area (Å²) >= 11 is 0. The summed E-state index contributed by atoms with van der Waals surface area (Å²) in [6.45, 7) is 18.3. The van der Waals surface area contributed by atoms with Crippen molar-refractivity contribution in [2.75, 3.05) is 34.2 Å². The maximum absolute atomic E-state index is 14.3. The second-order valence-electron chi connectivity index (χ2n) is 18.9. The number of amides is 4. The molecule has 3 saturated carbocycles. The Hall–Kier alpha value is -2.33. The van der Waals surface area contributed by atoms with Crippen molar-refractivity contribution in [3.8, 4) is 0 Å². The fourth-order valence-corrected chi connectivity index (χ4v) is 9.95. The average Bonchev–Trinajstić information content (AvgIpc) is 3.82. The Morgan fingerprint density at radius 3 is 1.96 bits per heavy atom. The number of nitrogens with one attached hydrogen (secondary N) is 4. The zero-order chi connectivity index (χ0) is 39.4. The van der Waals surface area contributed by atoms with Gasteiger partial charge in [-0.1, -0.05) is 75.2 Å². The van der Waals surface area contributed by atoms with Crippen LogP contribution in [0.5, 0.6) is 0 Å². The van der Waals surface area contributed by atoms with Crippen molar-refractivity contribution in [1.82, 2.24) is 34.8 Å². The highest BCUT2D eigenvalue weighted by Gasteiger charge is 2.85. The fraction of sp³-hybridized carbons (Fsp3) is 0.892. The number of carbonyl (C=O) groups is 4. The van der Waals surface area contributed by atoms with Gasteiger partial charge in [0.2, 0.25) is 11.7 Å². The minimum atomic E-state index is -3.73. The highest BCUT2D eigenvalue weighted by atomic mass is 32.2. The lowest BCUT2D eigenvalue weighted by Gasteiger charge is -2.42. The molecule has 15 heteroatoms. The number of ketones is 1. The summed E-state index contributed by atoms with van der Waals surface area (Å²) in [6.07, 6.45) is 4.99. The summed E-state index contributed by atoms with van der Waals surface area (Å²) in [5, 5.41) is 24.0. The van der Waals surface area contributed by atoms with Gasteiger partial charge in [-0.2, -0.15) is 17.0 Å². The first kappa shape index (κ1) is 42.4. The zero-order valence-corrected chi connectivity index (χ0v) is 34.5. The molecule has 3 aliphatic carbocycles. The Kier molecular flexibility index (Phi) is 12.0. The number of likely N-dealkylation sites (tertiary alicyclic amines) is 1. The number of likely N-dealkylation sites (N-methyl/N-ethyl adjacent to an activating group) is 1. The normalized spacial score (nSPS) is 26.4. The van der Waals surface area contributed by atoms with Crippen LogP contribution in [0.3, 0.4) is 0 Å². The van der Waals surface area contributed by atoms with Gasteiger partial charge in [-0.05, 0) is 65.6 Å². The number of aliphatic hydroxyl groups is 1. The molecular formula is C37H67N7O7S. The van der Waals surface area contributed by atoms with Gasteiger partial charge in [0.25, 0.3) is 16.1 Å². The van der Waals surface area contributed by atoms with E-state index in [4.69, 9.17) is 0 Å². The maximum Gasteiger partial charge on any atom is 0.315 e. The van der Waals surface area contributed by atoms with Crippen LogP contribution in [0.25, 0.3) is 0 Å². The van der Waals surface area contributed by atoms with E-state index in [2.05, 4.69) is 35.1 Å². The molecule has 0 aromatic carbocycles. The number of rotatable bonds is 15. The van der Waals surface area contributed by atoms with E-state index in [0.29, 0.717) is 25.8 Å². The Balaban J connectivity index is 1.60. The topological polar surface area (TPSA) is 180 Å². The molecule has 1 aliphatic heterocycles. The Bertz CT molecular complexity index is 1480. The molecule has 52 heavy (non-hydrogen) atoms. The molecule has 0 radical (unpaired) electrons. The van der Waals surface area contributed by atoms with Gasteiger partial charge in [-0.25, -0.2) is 4.79 Å². The Morgan fingerprint density at radius 1 is 0.923 bits per heavy atom. The van der Waals surface area contributed by atoms with E-state index in [9.17, 15) is 32.7 Å². The standard InChI is InChI=1S/C37H67N7O7S/c1-13-15-24(27(45)30(47)38-23-16-17-23)39-29(46)25-20-37(35(8,9)36(37)18-14-19-36)22-44(25)31(48)28(34(5,6)7)41-32(49)40-26(33(2,3)4)21-43(12)52(50,51)42(10)11/h23-26,28,31,48H,13-22H2,1-12H3,(H,38,47)(H,39,46)(H2,40,41,49)/t24?,25-,26+,28+,31?,37+/m0/s1. The number of hydrogen-bond donors (Lipinski definition) is 5. The summed E-state index contributed by atoms with van der Waals surface area (Å²) in [7, 11) is 0.637. The molecule has 4 amide bonds. The fourth-order valence-electron chi connectivity index (χ4n) is 9.05. The lowest BCUT2D eigenvalue weighted by Crippen LogP contribution is -2.63. The van der Waals surface area contributed by atoms with Crippen molar-refractivity contribution in [3.63, 3.8) is 0 Å². The Labute approximate surface area is 312 Å². The van der Waals surface area contributed by atoms with Crippen molar-refractivity contribution >= 4 is 33.8 Å². The predicted octanol–water partition coefficient (Wildman–Crippen LogP) is 2.58. The molecule has 5 N–H and O–H groups in total. The lowest BCUT2D eigenvalue weighted by atomic mass is 9.73. The minimum absolute atomic E-state index is 0.00947. The summed E-state index contributed by atoms with van der Waals surface area (Å²) in [5.74, 6) is -1.75. The molecule has 0 aromatic rings. The van der Waals surface area contributed by atoms with Gasteiger partial charge in [0, 0.05) is 46.3 Å². The second kappa shape index (κ2) is 14.7. The SMILES string of the molecule is CCCC(NC(=O)[C@@H]1C[C@@]2(CN1C(O)[C@@H](NC(=O)N[C@H](CN(C)S(=O)(=O)N(C)C)C(C)(C)C)C(C)(C)C)C(C)(C)C21CCC1)C(=O)C(=O)NC1CC1. The van der Waals surface area contributed by atoms with E-state index in [1.807, 2.05) is 48.5 Å². The summed E-state index contributed by atoms with van der Waals surface area (Å²) in [6, 6.07) is -3.78. The van der Waals surface area contributed by atoms with Crippen LogP contribution in [-0.4, -0.2) is 121 Å². The first-order chi connectivity index (χ1) is 23.8. The van der Waals surface area contributed by atoms with Crippen molar-refractivity contribution in [1.29, 1.82) is 0 Å². The van der Waals surface area contributed by atoms with Gasteiger partial charge in [0.05, 0.1) is 18.1 Å². The molecule has 1 heterocycles. The van der Waals surface area contributed by atoms with Gasteiger partial charge in [-0.3, -0.25) is 19.3 Å². The molecule has 298 valence electrons. The monoisotopic (exact) mass is 753 g/mol. The first-order valence-corrected chi connectivity index (χ1v) is 20.5. The molecule has 4 aliphatic rings. The van der Waals surface area contributed by atoms with Crippen molar-refractivity contribution < 1.29 is 32.7 Å². The lowest BCUT2D eigenvalue weighted by molar-refractivity contribution is -0.141. The Morgan fingerprint density at radius 2 is 1.52 bits per heavy atom. The van der Waals surface area contributed by atoms with E-state index in [1.54, 1.807) is 4.90 Å². The molecule has 2 spiro atoms. The average molecular weight is 754 g/mol. The summed E-state index contributed by atoms with van der Waals surface area (Å²) in [5.41, 5.74) is -1.46. The van der Waals surface area contributed by atoms with Crippen LogP contribution >= 0.6 is 0 Å². The molecule has 6 atom stereocenters. The predicted molar refractivity (Wildman–Crippen MR) is 200 cm³/mol. The van der Waals surface area contributed by atoms with Crippen molar-refractivity contribution in [2.45, 2.75) is 150 Å². The van der Waals surface area contributed by atoms with E-state index in [0.717, 1.165) is 36.4 Å². The third kappa shape index (κ3) is 7.90. The van der Waals surface area contributed by atoms with Gasteiger partial charge in [0.15, 0.2) is 0 Å². The van der Waals surface area contributed by atoms with E-state index in [-0.39, 0.29) is 28.8 Å². The van der Waals surface area contributed by atoms with Gasteiger partial charge in [-0.15, -0.1) is 0 Å².